The number of hydrogen-bond acceptors (Lipinski definition) is 2. The molecule has 1 N–H and O–H groups in total. The molecular formula is C20H23NO. The molecule has 2 unspecified atom stereocenters. The Bertz CT molecular complexity index is 606. The Kier molecular flexibility index (Phi) is 5.04. The topological polar surface area (TPSA) is 21.3 Å². The molecule has 2 nitrogen and oxygen atoms in total. The first-order valence-corrected chi connectivity index (χ1v) is 8.09. The lowest BCUT2D eigenvalue weighted by Crippen LogP contribution is -2.28. The van der Waals surface area contributed by atoms with E-state index in [1.807, 2.05) is 12.1 Å². The van der Waals surface area contributed by atoms with Crippen molar-refractivity contribution in [2.24, 2.45) is 0 Å². The lowest BCUT2D eigenvalue weighted by atomic mass is 9.96. The van der Waals surface area contributed by atoms with Gasteiger partial charge in [-0.25, -0.2) is 0 Å². The third-order valence-corrected chi connectivity index (χ3v) is 3.98. The van der Waals surface area contributed by atoms with Crippen LogP contribution in [0.4, 0.5) is 0 Å². The second-order valence-electron chi connectivity index (χ2n) is 5.64. The molecule has 1 heterocycles. The van der Waals surface area contributed by atoms with Gasteiger partial charge in [0.05, 0.1) is 0 Å². The Morgan fingerprint density at radius 1 is 0.955 bits per heavy atom. The Morgan fingerprint density at radius 3 is 2.32 bits per heavy atom. The molecule has 0 aliphatic carbocycles. The van der Waals surface area contributed by atoms with Gasteiger partial charge in [-0.15, -0.1) is 0 Å². The first-order chi connectivity index (χ1) is 10.9. The summed E-state index contributed by atoms with van der Waals surface area (Å²) in [5.41, 5.74) is 3.69. The number of unbranched alkanes of at least 4 members (excludes halogenated alkanes) is 1. The number of nitrogens with one attached hydrogen (secondary N) is 1. The Hall–Kier alpha value is -1.90. The van der Waals surface area contributed by atoms with E-state index < -0.39 is 0 Å². The van der Waals surface area contributed by atoms with Gasteiger partial charge in [0.2, 0.25) is 0 Å². The minimum Gasteiger partial charge on any atom is -0.347 e. The summed E-state index contributed by atoms with van der Waals surface area (Å²) in [7, 11) is 0. The number of ether oxygens (including phenoxy) is 1. The van der Waals surface area contributed by atoms with Crippen LogP contribution in [0.5, 0.6) is 0 Å². The van der Waals surface area contributed by atoms with Gasteiger partial charge in [0, 0.05) is 0 Å². The summed E-state index contributed by atoms with van der Waals surface area (Å²) in [5.74, 6) is 0. The van der Waals surface area contributed by atoms with Crippen molar-refractivity contribution in [3.05, 3.63) is 77.9 Å². The molecule has 1 aliphatic rings. The van der Waals surface area contributed by atoms with Gasteiger partial charge in [-0.1, -0.05) is 74.0 Å². The summed E-state index contributed by atoms with van der Waals surface area (Å²) in [5, 5.41) is 3.48. The average molecular weight is 293 g/mol. The highest BCUT2D eigenvalue weighted by molar-refractivity contribution is 5.72. The van der Waals surface area contributed by atoms with Gasteiger partial charge in [-0.2, -0.15) is 0 Å². The van der Waals surface area contributed by atoms with Crippen molar-refractivity contribution < 1.29 is 4.74 Å². The Morgan fingerprint density at radius 2 is 1.64 bits per heavy atom. The number of hydrogen-bond donors (Lipinski definition) is 1. The summed E-state index contributed by atoms with van der Waals surface area (Å²) in [6.07, 6.45) is 4.58. The number of benzene rings is 2. The fourth-order valence-electron chi connectivity index (χ4n) is 2.80. The van der Waals surface area contributed by atoms with E-state index in [0.717, 1.165) is 6.54 Å². The molecule has 2 aromatic rings. The Balaban J connectivity index is 1.84. The van der Waals surface area contributed by atoms with Crippen LogP contribution in [-0.4, -0.2) is 12.8 Å². The minimum atomic E-state index is -0.00744. The molecule has 0 spiro atoms. The van der Waals surface area contributed by atoms with Crippen LogP contribution >= 0.6 is 0 Å². The largest absolute Gasteiger partial charge is 0.347 e. The maximum absolute atomic E-state index is 6.26. The molecule has 2 aromatic carbocycles. The molecule has 0 amide bonds. The maximum Gasteiger partial charge on any atom is 0.129 e. The van der Waals surface area contributed by atoms with E-state index in [1.54, 1.807) is 0 Å². The van der Waals surface area contributed by atoms with Crippen LogP contribution in [0.15, 0.2) is 66.7 Å². The molecule has 0 bridgehead atoms. The SMILES string of the molecule is CCCCNC1C=C(c2ccccc2)C(c2ccccc2)O1. The van der Waals surface area contributed by atoms with E-state index in [2.05, 4.69) is 66.8 Å². The van der Waals surface area contributed by atoms with Gasteiger partial charge < -0.3 is 4.74 Å². The van der Waals surface area contributed by atoms with E-state index in [4.69, 9.17) is 4.74 Å². The first-order valence-electron chi connectivity index (χ1n) is 8.09. The summed E-state index contributed by atoms with van der Waals surface area (Å²) < 4.78 is 6.26. The zero-order chi connectivity index (χ0) is 15.2. The van der Waals surface area contributed by atoms with Crippen LogP contribution in [0, 0.1) is 0 Å². The monoisotopic (exact) mass is 293 g/mol. The van der Waals surface area contributed by atoms with Crippen molar-refractivity contribution in [1.29, 1.82) is 0 Å². The van der Waals surface area contributed by atoms with E-state index in [-0.39, 0.29) is 12.3 Å². The van der Waals surface area contributed by atoms with Gasteiger partial charge in [-0.05, 0) is 35.7 Å². The van der Waals surface area contributed by atoms with Gasteiger partial charge in [-0.3, -0.25) is 5.32 Å². The normalized spacial score (nSPS) is 20.9. The van der Waals surface area contributed by atoms with Crippen LogP contribution < -0.4 is 5.32 Å². The lowest BCUT2D eigenvalue weighted by molar-refractivity contribution is 0.0438. The van der Waals surface area contributed by atoms with Crippen molar-refractivity contribution in [3.8, 4) is 0 Å². The standard InChI is InChI=1S/C20H23NO/c1-2-3-14-21-19-15-18(16-10-6-4-7-11-16)20(22-19)17-12-8-5-9-13-17/h4-13,15,19-21H,2-3,14H2,1H3. The third kappa shape index (κ3) is 3.46. The van der Waals surface area contributed by atoms with Gasteiger partial charge >= 0.3 is 0 Å². The first kappa shape index (κ1) is 15.0. The quantitative estimate of drug-likeness (QED) is 0.788. The van der Waals surface area contributed by atoms with Crippen LogP contribution in [0.25, 0.3) is 5.57 Å². The smallest absolute Gasteiger partial charge is 0.129 e. The summed E-state index contributed by atoms with van der Waals surface area (Å²) in [6, 6.07) is 21.0. The molecule has 114 valence electrons. The van der Waals surface area contributed by atoms with E-state index in [0.29, 0.717) is 0 Å². The van der Waals surface area contributed by atoms with Crippen molar-refractivity contribution in [2.45, 2.75) is 32.1 Å². The second kappa shape index (κ2) is 7.39. The van der Waals surface area contributed by atoms with E-state index in [9.17, 15) is 0 Å². The maximum atomic E-state index is 6.26. The molecule has 0 saturated carbocycles. The lowest BCUT2D eigenvalue weighted by Gasteiger charge is -2.18. The predicted molar refractivity (Wildman–Crippen MR) is 91.4 cm³/mol. The van der Waals surface area contributed by atoms with Crippen molar-refractivity contribution in [3.63, 3.8) is 0 Å². The molecule has 2 heteroatoms. The van der Waals surface area contributed by atoms with Crippen molar-refractivity contribution >= 4 is 5.57 Å². The minimum absolute atomic E-state index is 0.00252. The molecular weight excluding hydrogens is 270 g/mol. The third-order valence-electron chi connectivity index (χ3n) is 3.98. The molecule has 0 saturated heterocycles. The zero-order valence-corrected chi connectivity index (χ0v) is 13.0. The molecule has 0 aromatic heterocycles. The van der Waals surface area contributed by atoms with E-state index in [1.165, 1.54) is 29.5 Å². The molecule has 0 fully saturated rings. The van der Waals surface area contributed by atoms with Crippen molar-refractivity contribution in [2.75, 3.05) is 6.54 Å². The summed E-state index contributed by atoms with van der Waals surface area (Å²) >= 11 is 0. The molecule has 2 atom stereocenters. The summed E-state index contributed by atoms with van der Waals surface area (Å²) in [4.78, 5) is 0. The van der Waals surface area contributed by atoms with E-state index >= 15 is 0 Å². The van der Waals surface area contributed by atoms with Crippen LogP contribution in [0.3, 0.4) is 0 Å². The Labute approximate surface area is 132 Å². The van der Waals surface area contributed by atoms with Crippen molar-refractivity contribution in [1.82, 2.24) is 5.32 Å². The van der Waals surface area contributed by atoms with Gasteiger partial charge in [0.1, 0.15) is 12.3 Å². The molecule has 3 rings (SSSR count). The van der Waals surface area contributed by atoms with Crippen LogP contribution in [0.2, 0.25) is 0 Å². The fraction of sp³-hybridized carbons (Fsp3) is 0.300. The highest BCUT2D eigenvalue weighted by Gasteiger charge is 2.28. The fourth-order valence-corrected chi connectivity index (χ4v) is 2.80. The zero-order valence-electron chi connectivity index (χ0n) is 13.0. The average Bonchev–Trinajstić information content (AvgIpc) is 3.01. The van der Waals surface area contributed by atoms with Crippen LogP contribution in [-0.2, 0) is 4.74 Å². The van der Waals surface area contributed by atoms with Gasteiger partial charge in [0.15, 0.2) is 0 Å². The second-order valence-corrected chi connectivity index (χ2v) is 5.64. The van der Waals surface area contributed by atoms with Gasteiger partial charge in [0.25, 0.3) is 0 Å². The van der Waals surface area contributed by atoms with Crippen LogP contribution in [0.1, 0.15) is 37.0 Å². The molecule has 22 heavy (non-hydrogen) atoms. The summed E-state index contributed by atoms with van der Waals surface area (Å²) in [6.45, 7) is 3.19. The highest BCUT2D eigenvalue weighted by atomic mass is 16.5. The molecule has 0 radical (unpaired) electrons. The predicted octanol–water partition coefficient (Wildman–Crippen LogP) is 4.56. The highest BCUT2D eigenvalue weighted by Crippen LogP contribution is 2.38. The number of rotatable bonds is 6. The molecule has 1 aliphatic heterocycles.